The molecule has 0 unspecified atom stereocenters. The van der Waals surface area contributed by atoms with Crippen molar-refractivity contribution in [2.75, 3.05) is 33.4 Å². The van der Waals surface area contributed by atoms with Crippen molar-refractivity contribution in [1.29, 1.82) is 0 Å². The lowest BCUT2D eigenvalue weighted by molar-refractivity contribution is -0.149. The van der Waals surface area contributed by atoms with Crippen molar-refractivity contribution in [3.63, 3.8) is 0 Å². The van der Waals surface area contributed by atoms with Gasteiger partial charge < -0.3 is 19.5 Å². The fraction of sp³-hybridized carbons (Fsp3) is 0.500. The van der Waals surface area contributed by atoms with E-state index in [9.17, 15) is 14.7 Å². The van der Waals surface area contributed by atoms with Gasteiger partial charge in [0.2, 0.25) is 0 Å². The van der Waals surface area contributed by atoms with Crippen molar-refractivity contribution in [3.8, 4) is 11.5 Å². The number of methoxy groups -OCH3 is 1. The topological polar surface area (TPSA) is 76.1 Å². The lowest BCUT2D eigenvalue weighted by atomic mass is 9.97. The molecule has 27 heavy (non-hydrogen) atoms. The number of ketones is 1. The summed E-state index contributed by atoms with van der Waals surface area (Å²) in [5.41, 5.74) is 0.743. The Balaban J connectivity index is 0.00000364. The van der Waals surface area contributed by atoms with Crippen molar-refractivity contribution in [1.82, 2.24) is 4.90 Å². The molecule has 0 bridgehead atoms. The van der Waals surface area contributed by atoms with Crippen LogP contribution in [0.5, 0.6) is 11.5 Å². The van der Waals surface area contributed by atoms with Crippen LogP contribution in [0.15, 0.2) is 24.3 Å². The van der Waals surface area contributed by atoms with Gasteiger partial charge in [0.1, 0.15) is 0 Å². The summed E-state index contributed by atoms with van der Waals surface area (Å²) in [7, 11) is 1.49. The molecule has 0 saturated carbocycles. The third-order valence-corrected chi connectivity index (χ3v) is 4.55. The van der Waals surface area contributed by atoms with Gasteiger partial charge in [-0.25, -0.2) is 0 Å². The SMILES string of the molecule is CCOC(=O)C1CCN(CCC(=O)/C=C/c2ccc(OC)c(O)c2)CC1.Cl. The van der Waals surface area contributed by atoms with Gasteiger partial charge in [-0.3, -0.25) is 9.59 Å². The van der Waals surface area contributed by atoms with Crippen LogP contribution in [0.2, 0.25) is 0 Å². The van der Waals surface area contributed by atoms with Crippen LogP contribution in [0.25, 0.3) is 6.08 Å². The van der Waals surface area contributed by atoms with Crippen LogP contribution in [0.3, 0.4) is 0 Å². The number of hydrogen-bond donors (Lipinski definition) is 1. The van der Waals surface area contributed by atoms with Gasteiger partial charge in [0.15, 0.2) is 17.3 Å². The summed E-state index contributed by atoms with van der Waals surface area (Å²) in [6.45, 7) is 4.55. The first-order chi connectivity index (χ1) is 12.5. The van der Waals surface area contributed by atoms with Crippen molar-refractivity contribution < 1.29 is 24.2 Å². The molecule has 2 rings (SSSR count). The number of phenolic OH excluding ortho intramolecular Hbond substituents is 1. The zero-order chi connectivity index (χ0) is 18.9. The molecule has 7 heteroatoms. The van der Waals surface area contributed by atoms with Gasteiger partial charge in [0.05, 0.1) is 19.6 Å². The van der Waals surface area contributed by atoms with E-state index in [2.05, 4.69) is 4.90 Å². The van der Waals surface area contributed by atoms with Gasteiger partial charge in [-0.05, 0) is 56.6 Å². The molecule has 1 aliphatic heterocycles. The van der Waals surface area contributed by atoms with Gasteiger partial charge in [0.25, 0.3) is 0 Å². The average Bonchev–Trinajstić information content (AvgIpc) is 2.65. The fourth-order valence-corrected chi connectivity index (χ4v) is 3.00. The summed E-state index contributed by atoms with van der Waals surface area (Å²) in [5, 5.41) is 9.74. The Labute approximate surface area is 166 Å². The summed E-state index contributed by atoms with van der Waals surface area (Å²) in [4.78, 5) is 26.0. The summed E-state index contributed by atoms with van der Waals surface area (Å²) in [5.74, 6) is 0.373. The molecule has 0 aliphatic carbocycles. The standard InChI is InChI=1S/C20H27NO5.ClH/c1-3-26-20(24)16-8-11-21(12-9-16)13-10-17(22)6-4-15-5-7-19(25-2)18(23)14-15;/h4-7,14,16,23H,3,8-13H2,1-2H3;1H/b6-4+;. The molecule has 1 saturated heterocycles. The number of aromatic hydroxyl groups is 1. The Bertz CT molecular complexity index is 654. The summed E-state index contributed by atoms with van der Waals surface area (Å²) < 4.78 is 10.1. The Morgan fingerprint density at radius 2 is 2.00 bits per heavy atom. The van der Waals surface area contributed by atoms with Crippen LogP contribution in [-0.4, -0.2) is 55.1 Å². The molecule has 1 N–H and O–H groups in total. The second kappa shape index (κ2) is 11.6. The zero-order valence-corrected chi connectivity index (χ0v) is 16.7. The molecule has 1 aromatic carbocycles. The van der Waals surface area contributed by atoms with Crippen molar-refractivity contribution in [2.24, 2.45) is 5.92 Å². The van der Waals surface area contributed by atoms with Gasteiger partial charge >= 0.3 is 5.97 Å². The molecule has 0 amide bonds. The lowest BCUT2D eigenvalue weighted by Crippen LogP contribution is -2.37. The quantitative estimate of drug-likeness (QED) is 0.536. The molecule has 150 valence electrons. The highest BCUT2D eigenvalue weighted by Crippen LogP contribution is 2.26. The van der Waals surface area contributed by atoms with Crippen LogP contribution in [0.4, 0.5) is 0 Å². The number of carbonyl (C=O) groups excluding carboxylic acids is 2. The minimum absolute atomic E-state index is 0. The predicted octanol–water partition coefficient (Wildman–Crippen LogP) is 3.07. The molecule has 1 aliphatic rings. The Kier molecular flexibility index (Phi) is 9.89. The number of hydrogen-bond acceptors (Lipinski definition) is 6. The zero-order valence-electron chi connectivity index (χ0n) is 15.8. The highest BCUT2D eigenvalue weighted by atomic mass is 35.5. The van der Waals surface area contributed by atoms with Crippen molar-refractivity contribution >= 4 is 30.2 Å². The Morgan fingerprint density at radius 3 is 2.59 bits per heavy atom. The number of benzene rings is 1. The summed E-state index contributed by atoms with van der Waals surface area (Å²) >= 11 is 0. The molecule has 0 atom stereocenters. The number of allylic oxidation sites excluding steroid dienone is 1. The van der Waals surface area contributed by atoms with Crippen LogP contribution in [0, 0.1) is 5.92 Å². The monoisotopic (exact) mass is 397 g/mol. The first-order valence-corrected chi connectivity index (χ1v) is 9.00. The maximum Gasteiger partial charge on any atom is 0.309 e. The number of halogens is 1. The van der Waals surface area contributed by atoms with Crippen LogP contribution in [-0.2, 0) is 14.3 Å². The maximum atomic E-state index is 12.1. The molecule has 1 fully saturated rings. The molecule has 1 heterocycles. The van der Waals surface area contributed by atoms with Crippen molar-refractivity contribution in [2.45, 2.75) is 26.2 Å². The number of nitrogens with zero attached hydrogens (tertiary/aromatic N) is 1. The highest BCUT2D eigenvalue weighted by Gasteiger charge is 2.25. The smallest absolute Gasteiger partial charge is 0.309 e. The van der Waals surface area contributed by atoms with E-state index >= 15 is 0 Å². The van der Waals surface area contributed by atoms with Gasteiger partial charge in [-0.1, -0.05) is 12.1 Å². The number of rotatable bonds is 8. The van der Waals surface area contributed by atoms with E-state index in [1.807, 2.05) is 6.92 Å². The second-order valence-corrected chi connectivity index (χ2v) is 6.35. The van der Waals surface area contributed by atoms with Crippen LogP contribution >= 0.6 is 12.4 Å². The van der Waals surface area contributed by atoms with Crippen molar-refractivity contribution in [3.05, 3.63) is 29.8 Å². The average molecular weight is 398 g/mol. The number of carbonyl (C=O) groups is 2. The minimum Gasteiger partial charge on any atom is -0.504 e. The molecule has 0 aromatic heterocycles. The third kappa shape index (κ3) is 7.23. The number of phenols is 1. The first kappa shape index (κ1) is 23.0. The number of piperidine rings is 1. The second-order valence-electron chi connectivity index (χ2n) is 6.35. The lowest BCUT2D eigenvalue weighted by Gasteiger charge is -2.30. The fourth-order valence-electron chi connectivity index (χ4n) is 3.00. The molecule has 0 spiro atoms. The van der Waals surface area contributed by atoms with Gasteiger partial charge in [-0.15, -0.1) is 12.4 Å². The minimum atomic E-state index is -0.103. The van der Waals surface area contributed by atoms with Crippen LogP contribution < -0.4 is 4.74 Å². The van der Waals surface area contributed by atoms with E-state index in [1.165, 1.54) is 13.2 Å². The van der Waals surface area contributed by atoms with E-state index in [0.29, 0.717) is 25.3 Å². The van der Waals surface area contributed by atoms with E-state index in [4.69, 9.17) is 9.47 Å². The highest BCUT2D eigenvalue weighted by molar-refractivity contribution is 5.93. The molecular formula is C20H28ClNO5. The number of likely N-dealkylation sites (tertiary alicyclic amines) is 1. The van der Waals surface area contributed by atoms with E-state index in [-0.39, 0.29) is 35.8 Å². The normalized spacial score (nSPS) is 15.3. The summed E-state index contributed by atoms with van der Waals surface area (Å²) in [6.07, 6.45) is 5.23. The number of esters is 1. The Morgan fingerprint density at radius 1 is 1.30 bits per heavy atom. The molecular weight excluding hydrogens is 370 g/mol. The number of ether oxygens (including phenoxy) is 2. The van der Waals surface area contributed by atoms with Gasteiger partial charge in [-0.2, -0.15) is 0 Å². The third-order valence-electron chi connectivity index (χ3n) is 4.55. The molecule has 0 radical (unpaired) electrons. The van der Waals surface area contributed by atoms with E-state index < -0.39 is 0 Å². The van der Waals surface area contributed by atoms with Gasteiger partial charge in [0, 0.05) is 13.0 Å². The predicted molar refractivity (Wildman–Crippen MR) is 106 cm³/mol. The van der Waals surface area contributed by atoms with E-state index in [1.54, 1.807) is 24.3 Å². The van der Waals surface area contributed by atoms with Crippen LogP contribution in [0.1, 0.15) is 31.7 Å². The first-order valence-electron chi connectivity index (χ1n) is 9.00. The molecule has 1 aromatic rings. The summed E-state index contributed by atoms with van der Waals surface area (Å²) in [6, 6.07) is 5.00. The molecule has 6 nitrogen and oxygen atoms in total. The maximum absolute atomic E-state index is 12.1. The Hall–Kier alpha value is -2.05. The van der Waals surface area contributed by atoms with E-state index in [0.717, 1.165) is 31.5 Å². The largest absolute Gasteiger partial charge is 0.504 e.